The molecule has 1 saturated heterocycles. The van der Waals surface area contributed by atoms with Gasteiger partial charge in [0, 0.05) is 12.7 Å². The van der Waals surface area contributed by atoms with E-state index < -0.39 is 10.0 Å². The molecule has 134 valence electrons. The molecule has 1 aliphatic carbocycles. The van der Waals surface area contributed by atoms with Crippen molar-refractivity contribution in [3.63, 3.8) is 0 Å². The minimum absolute atomic E-state index is 0.273. The van der Waals surface area contributed by atoms with Crippen molar-refractivity contribution >= 4 is 15.7 Å². The largest absolute Gasteiger partial charge is 0.285 e. The molecule has 0 saturated carbocycles. The van der Waals surface area contributed by atoms with Gasteiger partial charge in [0.25, 0.3) is 0 Å². The molecule has 2 aliphatic rings. The van der Waals surface area contributed by atoms with Crippen molar-refractivity contribution in [3.8, 4) is 0 Å². The summed E-state index contributed by atoms with van der Waals surface area (Å²) in [6, 6.07) is 11.0. The molecule has 7 heteroatoms. The molecule has 1 aliphatic heterocycles. The highest BCUT2D eigenvalue weighted by atomic mass is 32.2. The average Bonchev–Trinajstić information content (AvgIpc) is 3.38. The fraction of sp³-hybridized carbons (Fsp3) is 0.368. The molecule has 1 fully saturated rings. The van der Waals surface area contributed by atoms with Gasteiger partial charge in [0.1, 0.15) is 0 Å². The standard InChI is InChI=1S/C19H20N4O2S/c24-26(25,16-10-9-14-5-3-6-15(14)13-16)23-12-4-7-17(23)19-21-20-18-8-1-2-11-22(18)19/h1-2,8-11,13,17H,3-7,12H2/t17-/m1/s1. The SMILES string of the molecule is O=S(=O)(c1ccc2c(c1)CCC2)N1CCC[C@@H]1c1nnc2ccccn12. The van der Waals surface area contributed by atoms with Gasteiger partial charge in [-0.05, 0) is 67.5 Å². The second kappa shape index (κ2) is 5.89. The van der Waals surface area contributed by atoms with Gasteiger partial charge < -0.3 is 0 Å². The Morgan fingerprint density at radius 2 is 1.88 bits per heavy atom. The highest BCUT2D eigenvalue weighted by molar-refractivity contribution is 7.89. The van der Waals surface area contributed by atoms with Crippen LogP contribution in [0.5, 0.6) is 0 Å². The first-order valence-electron chi connectivity index (χ1n) is 9.08. The van der Waals surface area contributed by atoms with E-state index in [-0.39, 0.29) is 6.04 Å². The number of hydrogen-bond acceptors (Lipinski definition) is 4. The molecule has 0 N–H and O–H groups in total. The van der Waals surface area contributed by atoms with Crippen molar-refractivity contribution in [2.45, 2.75) is 43.0 Å². The van der Waals surface area contributed by atoms with E-state index in [2.05, 4.69) is 10.2 Å². The lowest BCUT2D eigenvalue weighted by atomic mass is 10.1. The van der Waals surface area contributed by atoms with Gasteiger partial charge in [0.15, 0.2) is 11.5 Å². The summed E-state index contributed by atoms with van der Waals surface area (Å²) in [5, 5.41) is 8.49. The van der Waals surface area contributed by atoms with E-state index >= 15 is 0 Å². The number of rotatable bonds is 3. The maximum atomic E-state index is 13.3. The average molecular weight is 368 g/mol. The Morgan fingerprint density at radius 3 is 2.81 bits per heavy atom. The molecule has 0 amide bonds. The van der Waals surface area contributed by atoms with Gasteiger partial charge in [-0.15, -0.1) is 10.2 Å². The quantitative estimate of drug-likeness (QED) is 0.713. The molecule has 5 rings (SSSR count). The Kier molecular flexibility index (Phi) is 3.62. The molecule has 0 spiro atoms. The zero-order chi connectivity index (χ0) is 17.7. The third-order valence-electron chi connectivity index (χ3n) is 5.52. The van der Waals surface area contributed by atoms with Crippen molar-refractivity contribution in [2.75, 3.05) is 6.54 Å². The summed E-state index contributed by atoms with van der Waals surface area (Å²) in [4.78, 5) is 0.402. The van der Waals surface area contributed by atoms with Crippen LogP contribution in [0.3, 0.4) is 0 Å². The summed E-state index contributed by atoms with van der Waals surface area (Å²) < 4.78 is 30.2. The first-order chi connectivity index (χ1) is 12.6. The van der Waals surface area contributed by atoms with Crippen molar-refractivity contribution in [1.29, 1.82) is 0 Å². The molecule has 3 aromatic rings. The zero-order valence-corrected chi connectivity index (χ0v) is 15.2. The number of aromatic nitrogens is 3. The van der Waals surface area contributed by atoms with Crippen LogP contribution in [0.15, 0.2) is 47.5 Å². The molecule has 3 heterocycles. The van der Waals surface area contributed by atoms with E-state index in [4.69, 9.17) is 0 Å². The molecule has 0 radical (unpaired) electrons. The lowest BCUT2D eigenvalue weighted by Crippen LogP contribution is -2.31. The predicted octanol–water partition coefficient (Wildman–Crippen LogP) is 2.74. The highest BCUT2D eigenvalue weighted by Gasteiger charge is 2.38. The van der Waals surface area contributed by atoms with E-state index in [9.17, 15) is 8.42 Å². The van der Waals surface area contributed by atoms with Crippen LogP contribution in [0.1, 0.15) is 42.3 Å². The van der Waals surface area contributed by atoms with E-state index in [1.807, 2.05) is 40.9 Å². The maximum absolute atomic E-state index is 13.3. The van der Waals surface area contributed by atoms with E-state index in [0.29, 0.717) is 17.3 Å². The number of benzene rings is 1. The number of sulfonamides is 1. The molecule has 1 atom stereocenters. The molecule has 6 nitrogen and oxygen atoms in total. The van der Waals surface area contributed by atoms with Crippen LogP contribution in [0.25, 0.3) is 5.65 Å². The van der Waals surface area contributed by atoms with Crippen molar-refractivity contribution in [2.24, 2.45) is 0 Å². The normalized spacial score (nSPS) is 20.7. The maximum Gasteiger partial charge on any atom is 0.243 e. The third-order valence-corrected chi connectivity index (χ3v) is 7.42. The molecule has 1 aromatic carbocycles. The van der Waals surface area contributed by atoms with Gasteiger partial charge >= 0.3 is 0 Å². The first kappa shape index (κ1) is 16.0. The number of aryl methyl sites for hydroxylation is 2. The number of hydrogen-bond donors (Lipinski definition) is 0. The summed E-state index contributed by atoms with van der Waals surface area (Å²) in [5.74, 6) is 0.697. The van der Waals surface area contributed by atoms with Gasteiger partial charge in [-0.2, -0.15) is 4.31 Å². The molecule has 2 aromatic heterocycles. The topological polar surface area (TPSA) is 67.6 Å². The predicted molar refractivity (Wildman–Crippen MR) is 97.3 cm³/mol. The molecule has 26 heavy (non-hydrogen) atoms. The third kappa shape index (κ3) is 2.38. The summed E-state index contributed by atoms with van der Waals surface area (Å²) in [7, 11) is -3.55. The van der Waals surface area contributed by atoms with E-state index in [0.717, 1.165) is 37.8 Å². The van der Waals surface area contributed by atoms with Crippen LogP contribution < -0.4 is 0 Å². The summed E-state index contributed by atoms with van der Waals surface area (Å²) in [6.45, 7) is 0.520. The van der Waals surface area contributed by atoms with Gasteiger partial charge in [-0.3, -0.25) is 4.40 Å². The lowest BCUT2D eigenvalue weighted by molar-refractivity contribution is 0.381. The highest BCUT2D eigenvalue weighted by Crippen LogP contribution is 2.36. The zero-order valence-electron chi connectivity index (χ0n) is 14.4. The fourth-order valence-corrected chi connectivity index (χ4v) is 5.92. The fourth-order valence-electron chi connectivity index (χ4n) is 4.22. The second-order valence-electron chi connectivity index (χ2n) is 7.04. The molecular weight excluding hydrogens is 348 g/mol. The van der Waals surface area contributed by atoms with Crippen LogP contribution in [-0.4, -0.2) is 33.9 Å². The minimum Gasteiger partial charge on any atom is -0.285 e. The second-order valence-corrected chi connectivity index (χ2v) is 8.94. The lowest BCUT2D eigenvalue weighted by Gasteiger charge is -2.23. The van der Waals surface area contributed by atoms with Crippen molar-refractivity contribution < 1.29 is 8.42 Å². The molecule has 0 unspecified atom stereocenters. The van der Waals surface area contributed by atoms with Gasteiger partial charge in [-0.25, -0.2) is 8.42 Å². The Bertz CT molecular complexity index is 1090. The van der Waals surface area contributed by atoms with Crippen LogP contribution in [0.4, 0.5) is 0 Å². The Labute approximate surface area is 152 Å². The van der Waals surface area contributed by atoms with Gasteiger partial charge in [-0.1, -0.05) is 12.1 Å². The Balaban J connectivity index is 1.56. The smallest absolute Gasteiger partial charge is 0.243 e. The monoisotopic (exact) mass is 368 g/mol. The van der Waals surface area contributed by atoms with E-state index in [1.165, 1.54) is 11.1 Å². The summed E-state index contributed by atoms with van der Waals surface area (Å²) >= 11 is 0. The molecular formula is C19H20N4O2S. The molecule has 0 bridgehead atoms. The number of fused-ring (bicyclic) bond motifs is 2. The van der Waals surface area contributed by atoms with Gasteiger partial charge in [0.05, 0.1) is 10.9 Å². The minimum atomic E-state index is -3.55. The Morgan fingerprint density at radius 1 is 1.00 bits per heavy atom. The summed E-state index contributed by atoms with van der Waals surface area (Å²) in [5.41, 5.74) is 3.20. The van der Waals surface area contributed by atoms with Crippen molar-refractivity contribution in [1.82, 2.24) is 18.9 Å². The van der Waals surface area contributed by atoms with Crippen LogP contribution in [-0.2, 0) is 22.9 Å². The number of pyridine rings is 1. The number of nitrogens with zero attached hydrogens (tertiary/aromatic N) is 4. The van der Waals surface area contributed by atoms with E-state index in [1.54, 1.807) is 10.4 Å². The Hall–Kier alpha value is -2.25. The van der Waals surface area contributed by atoms with Crippen LogP contribution in [0.2, 0.25) is 0 Å². The summed E-state index contributed by atoms with van der Waals surface area (Å²) in [6.07, 6.45) is 6.61. The van der Waals surface area contributed by atoms with Crippen molar-refractivity contribution in [3.05, 3.63) is 59.5 Å². The first-order valence-corrected chi connectivity index (χ1v) is 10.5. The van der Waals surface area contributed by atoms with Crippen LogP contribution >= 0.6 is 0 Å². The van der Waals surface area contributed by atoms with Crippen LogP contribution in [0, 0.1) is 0 Å². The van der Waals surface area contributed by atoms with Gasteiger partial charge in [0.2, 0.25) is 10.0 Å².